The predicted octanol–water partition coefficient (Wildman–Crippen LogP) is 2.68. The first-order valence-electron chi connectivity index (χ1n) is 7.98. The minimum Gasteiger partial charge on any atom is -0.449 e. The van der Waals surface area contributed by atoms with Crippen LogP contribution in [0.3, 0.4) is 0 Å². The van der Waals surface area contributed by atoms with Gasteiger partial charge in [0.2, 0.25) is 5.76 Å². The van der Waals surface area contributed by atoms with Crippen molar-refractivity contribution < 1.29 is 27.8 Å². The highest BCUT2D eigenvalue weighted by Crippen LogP contribution is 2.29. The zero-order valence-corrected chi connectivity index (χ0v) is 14.9. The Morgan fingerprint density at radius 1 is 1.04 bits per heavy atom. The Balaban J connectivity index is 1.69. The lowest BCUT2D eigenvalue weighted by molar-refractivity contribution is -0.0602. The summed E-state index contributed by atoms with van der Waals surface area (Å²) in [4.78, 5) is 42.4. The van der Waals surface area contributed by atoms with Gasteiger partial charge in [-0.25, -0.2) is 4.79 Å². The van der Waals surface area contributed by atoms with Crippen LogP contribution in [-0.2, 0) is 21.4 Å². The van der Waals surface area contributed by atoms with E-state index in [2.05, 4.69) is 0 Å². The lowest BCUT2D eigenvalue weighted by atomic mass is 10.1. The number of furan rings is 1. The fourth-order valence-corrected chi connectivity index (χ4v) is 3.68. The fourth-order valence-electron chi connectivity index (χ4n) is 2.98. The summed E-state index contributed by atoms with van der Waals surface area (Å²) >= 11 is 0. The maximum atomic E-state index is 12.7. The molecule has 136 valence electrons. The highest BCUT2D eigenvalue weighted by molar-refractivity contribution is 7.83. The van der Waals surface area contributed by atoms with E-state index in [0.717, 1.165) is 0 Å². The normalized spacial score (nSPS) is 14.5. The van der Waals surface area contributed by atoms with Crippen LogP contribution in [0.15, 0.2) is 52.9 Å². The molecule has 0 aliphatic carbocycles. The summed E-state index contributed by atoms with van der Waals surface area (Å²) in [5.74, 6) is -2.55. The summed E-state index contributed by atoms with van der Waals surface area (Å²) in [5, 5.41) is 1.05. The molecule has 8 heteroatoms. The molecule has 2 amide bonds. The summed E-state index contributed by atoms with van der Waals surface area (Å²) in [5.41, 5.74) is 1.16. The van der Waals surface area contributed by atoms with E-state index in [1.54, 1.807) is 36.4 Å². The van der Waals surface area contributed by atoms with Gasteiger partial charge in [-0.3, -0.25) is 13.8 Å². The summed E-state index contributed by atoms with van der Waals surface area (Å²) in [6.45, 7) is 0. The van der Waals surface area contributed by atoms with Gasteiger partial charge in [-0.1, -0.05) is 35.4 Å². The maximum absolute atomic E-state index is 12.7. The van der Waals surface area contributed by atoms with Crippen LogP contribution in [0.5, 0.6) is 0 Å². The smallest absolute Gasteiger partial charge is 0.399 e. The molecule has 3 aromatic rings. The average Bonchev–Trinajstić information content (AvgIpc) is 3.13. The molecule has 27 heavy (non-hydrogen) atoms. The number of hydrogen-bond acceptors (Lipinski definition) is 6. The molecule has 0 saturated heterocycles. The quantitative estimate of drug-likeness (QED) is 0.643. The Kier molecular flexibility index (Phi) is 4.12. The van der Waals surface area contributed by atoms with Crippen molar-refractivity contribution >= 4 is 39.6 Å². The van der Waals surface area contributed by atoms with Crippen LogP contribution in [0.4, 0.5) is 0 Å². The predicted molar refractivity (Wildman–Crippen MR) is 96.3 cm³/mol. The second kappa shape index (κ2) is 6.48. The number of benzene rings is 2. The molecule has 7 nitrogen and oxygen atoms in total. The highest BCUT2D eigenvalue weighted by atomic mass is 32.2. The first kappa shape index (κ1) is 17.2. The van der Waals surface area contributed by atoms with Crippen molar-refractivity contribution in [1.82, 2.24) is 5.06 Å². The van der Waals surface area contributed by atoms with Crippen LogP contribution in [0.25, 0.3) is 11.0 Å². The molecule has 0 radical (unpaired) electrons. The van der Waals surface area contributed by atoms with Gasteiger partial charge in [0.15, 0.2) is 0 Å². The van der Waals surface area contributed by atoms with Crippen molar-refractivity contribution in [3.8, 4) is 0 Å². The molecule has 1 atom stereocenters. The van der Waals surface area contributed by atoms with Gasteiger partial charge < -0.3 is 9.25 Å². The molecule has 1 unspecified atom stereocenters. The SMILES string of the molecule is CS(=O)Cc1c(C(=O)ON2C(=O)c3ccccc3C2=O)oc2ccccc12. The summed E-state index contributed by atoms with van der Waals surface area (Å²) < 4.78 is 17.3. The summed E-state index contributed by atoms with van der Waals surface area (Å²) in [6, 6.07) is 13.1. The van der Waals surface area contributed by atoms with E-state index in [9.17, 15) is 18.6 Å². The third-order valence-corrected chi connectivity index (χ3v) is 4.86. The molecule has 0 bridgehead atoms. The van der Waals surface area contributed by atoms with Gasteiger partial charge in [0.1, 0.15) is 5.58 Å². The monoisotopic (exact) mass is 383 g/mol. The third-order valence-electron chi connectivity index (χ3n) is 4.16. The van der Waals surface area contributed by atoms with Gasteiger partial charge in [0.05, 0.1) is 16.9 Å². The number of carbonyl (C=O) groups is 3. The third kappa shape index (κ3) is 2.83. The van der Waals surface area contributed by atoms with Gasteiger partial charge in [0, 0.05) is 28.0 Å². The van der Waals surface area contributed by atoms with Crippen molar-refractivity contribution in [3.05, 3.63) is 71.0 Å². The Hall–Kier alpha value is -3.26. The van der Waals surface area contributed by atoms with E-state index in [4.69, 9.17) is 9.25 Å². The molecule has 1 aromatic heterocycles. The van der Waals surface area contributed by atoms with Gasteiger partial charge >= 0.3 is 5.97 Å². The number of imide groups is 1. The Labute approximate surface area is 155 Å². The first-order chi connectivity index (χ1) is 13.0. The van der Waals surface area contributed by atoms with Crippen molar-refractivity contribution in [3.63, 3.8) is 0 Å². The molecule has 0 N–H and O–H groups in total. The molecule has 0 spiro atoms. The van der Waals surface area contributed by atoms with Crippen LogP contribution in [-0.4, -0.2) is 33.3 Å². The van der Waals surface area contributed by atoms with Gasteiger partial charge in [0.25, 0.3) is 11.8 Å². The minimum absolute atomic E-state index is 0.0730. The zero-order chi connectivity index (χ0) is 19.1. The van der Waals surface area contributed by atoms with Gasteiger partial charge in [-0.2, -0.15) is 0 Å². The van der Waals surface area contributed by atoms with Crippen molar-refractivity contribution in [2.75, 3.05) is 6.26 Å². The number of rotatable bonds is 4. The Bertz CT molecular complexity index is 1100. The molecule has 0 saturated carbocycles. The number of hydroxylamine groups is 2. The van der Waals surface area contributed by atoms with Crippen molar-refractivity contribution in [2.24, 2.45) is 0 Å². The standard InChI is InChI=1S/C19H13NO6S/c1-27(24)10-14-11-6-4-5-9-15(11)25-16(14)19(23)26-20-17(21)12-7-2-3-8-13(12)18(20)22/h2-9H,10H2,1H3. The molecule has 1 aliphatic heterocycles. The van der Waals surface area contributed by atoms with E-state index in [1.807, 2.05) is 0 Å². The lowest BCUT2D eigenvalue weighted by Crippen LogP contribution is -2.32. The second-order valence-electron chi connectivity index (χ2n) is 5.95. The molecule has 0 fully saturated rings. The number of nitrogens with zero attached hydrogens (tertiary/aromatic N) is 1. The van der Waals surface area contributed by atoms with Crippen molar-refractivity contribution in [1.29, 1.82) is 0 Å². The maximum Gasteiger partial charge on any atom is 0.399 e. The second-order valence-corrected chi connectivity index (χ2v) is 7.39. The molecular weight excluding hydrogens is 370 g/mol. The van der Waals surface area contributed by atoms with Crippen molar-refractivity contribution in [2.45, 2.75) is 5.75 Å². The topological polar surface area (TPSA) is 93.9 Å². The largest absolute Gasteiger partial charge is 0.449 e. The number of carbonyl (C=O) groups excluding carboxylic acids is 3. The zero-order valence-electron chi connectivity index (χ0n) is 14.1. The highest BCUT2D eigenvalue weighted by Gasteiger charge is 2.39. The number of fused-ring (bicyclic) bond motifs is 2. The van der Waals surface area contributed by atoms with Gasteiger partial charge in [-0.05, 0) is 18.2 Å². The Morgan fingerprint density at radius 3 is 2.26 bits per heavy atom. The Morgan fingerprint density at radius 2 is 1.63 bits per heavy atom. The van der Waals surface area contributed by atoms with E-state index < -0.39 is 28.6 Å². The fraction of sp³-hybridized carbons (Fsp3) is 0.105. The molecule has 1 aliphatic rings. The van der Waals surface area contributed by atoms with Crippen LogP contribution < -0.4 is 0 Å². The molecule has 2 aromatic carbocycles. The van der Waals surface area contributed by atoms with E-state index in [0.29, 0.717) is 21.6 Å². The first-order valence-corrected chi connectivity index (χ1v) is 9.70. The van der Waals surface area contributed by atoms with Crippen LogP contribution in [0.1, 0.15) is 36.8 Å². The van der Waals surface area contributed by atoms with Gasteiger partial charge in [-0.15, -0.1) is 0 Å². The summed E-state index contributed by atoms with van der Waals surface area (Å²) in [7, 11) is -1.24. The molecule has 2 heterocycles. The van der Waals surface area contributed by atoms with E-state index >= 15 is 0 Å². The van der Waals surface area contributed by atoms with Crippen LogP contribution in [0, 0.1) is 0 Å². The molecular formula is C19H13NO6S. The summed E-state index contributed by atoms with van der Waals surface area (Å²) in [6.07, 6.45) is 1.50. The van der Waals surface area contributed by atoms with E-state index in [-0.39, 0.29) is 22.6 Å². The van der Waals surface area contributed by atoms with Crippen LogP contribution in [0.2, 0.25) is 0 Å². The number of para-hydroxylation sites is 1. The van der Waals surface area contributed by atoms with E-state index in [1.165, 1.54) is 18.4 Å². The molecule has 4 rings (SSSR count). The number of amides is 2. The van der Waals surface area contributed by atoms with Crippen LogP contribution >= 0.6 is 0 Å². The minimum atomic E-state index is -1.24. The lowest BCUT2D eigenvalue weighted by Gasteiger charge is -2.12. The average molecular weight is 383 g/mol. The number of hydrogen-bond donors (Lipinski definition) is 0.